The number of allylic oxidation sites excluding steroid dienone is 4. The van der Waals surface area contributed by atoms with Crippen LogP contribution in [0, 0.1) is 11.8 Å². The van der Waals surface area contributed by atoms with Crippen LogP contribution in [-0.2, 0) is 4.74 Å². The van der Waals surface area contributed by atoms with E-state index in [1.54, 1.807) is 7.11 Å². The predicted molar refractivity (Wildman–Crippen MR) is 52.5 cm³/mol. The van der Waals surface area contributed by atoms with Crippen LogP contribution < -0.4 is 0 Å². The molecule has 0 aromatic rings. The molecule has 0 amide bonds. The molecule has 0 spiro atoms. The zero-order valence-corrected chi connectivity index (χ0v) is 8.13. The van der Waals surface area contributed by atoms with Gasteiger partial charge in [0.2, 0.25) is 0 Å². The summed E-state index contributed by atoms with van der Waals surface area (Å²) in [5.41, 5.74) is 0. The molecule has 1 aliphatic carbocycles. The van der Waals surface area contributed by atoms with E-state index in [1.807, 2.05) is 0 Å². The first-order valence-electron chi connectivity index (χ1n) is 4.28. The molecule has 0 aromatic heterocycles. The molecule has 12 heavy (non-hydrogen) atoms. The molecule has 0 N–H and O–H groups in total. The van der Waals surface area contributed by atoms with Crippen molar-refractivity contribution in [3.8, 4) is 0 Å². The topological polar surface area (TPSA) is 9.23 Å². The normalized spacial score (nSPS) is 27.8. The molecule has 2 unspecified atom stereocenters. The second-order valence-electron chi connectivity index (χ2n) is 3.03. The number of hydrogen-bond donors (Lipinski definition) is 0. The van der Waals surface area contributed by atoms with Crippen LogP contribution >= 0.6 is 11.6 Å². The first-order chi connectivity index (χ1) is 5.88. The van der Waals surface area contributed by atoms with Crippen LogP contribution in [0.3, 0.4) is 0 Å². The summed E-state index contributed by atoms with van der Waals surface area (Å²) < 4.78 is 5.04. The number of rotatable bonds is 4. The molecular formula is C10H15ClO. The van der Waals surface area contributed by atoms with E-state index in [-0.39, 0.29) is 0 Å². The van der Waals surface area contributed by atoms with E-state index in [0.717, 1.165) is 13.0 Å². The highest BCUT2D eigenvalue weighted by molar-refractivity contribution is 6.18. The standard InChI is InChI=1S/C10H15ClO/c1-12-7-6-9-4-2-3-5-10(9)8-11/h2-5,9-10H,6-8H2,1H3. The quantitative estimate of drug-likeness (QED) is 0.614. The molecule has 0 heterocycles. The molecule has 68 valence electrons. The smallest absolute Gasteiger partial charge is 0.0468 e. The van der Waals surface area contributed by atoms with E-state index in [1.165, 1.54) is 0 Å². The Balaban J connectivity index is 2.39. The molecule has 0 saturated carbocycles. The van der Waals surface area contributed by atoms with Crippen molar-refractivity contribution in [2.45, 2.75) is 6.42 Å². The fourth-order valence-electron chi connectivity index (χ4n) is 1.43. The highest BCUT2D eigenvalue weighted by atomic mass is 35.5. The molecule has 1 aliphatic rings. The van der Waals surface area contributed by atoms with Gasteiger partial charge in [-0.15, -0.1) is 11.6 Å². The zero-order chi connectivity index (χ0) is 8.81. The Morgan fingerprint density at radius 2 is 1.92 bits per heavy atom. The maximum atomic E-state index is 5.83. The fourth-order valence-corrected chi connectivity index (χ4v) is 1.76. The van der Waals surface area contributed by atoms with Crippen molar-refractivity contribution in [3.05, 3.63) is 24.3 Å². The summed E-state index contributed by atoms with van der Waals surface area (Å²) in [6, 6.07) is 0. The first kappa shape index (κ1) is 9.82. The lowest BCUT2D eigenvalue weighted by molar-refractivity contribution is 0.178. The Bertz CT molecular complexity index is 175. The number of ether oxygens (including phenoxy) is 1. The van der Waals surface area contributed by atoms with E-state index >= 15 is 0 Å². The van der Waals surface area contributed by atoms with Gasteiger partial charge in [-0.2, -0.15) is 0 Å². The average molecular weight is 187 g/mol. The first-order valence-corrected chi connectivity index (χ1v) is 4.82. The Hall–Kier alpha value is -0.270. The van der Waals surface area contributed by atoms with Crippen molar-refractivity contribution in [1.82, 2.24) is 0 Å². The third kappa shape index (κ3) is 2.65. The molecule has 1 nitrogen and oxygen atoms in total. The summed E-state index contributed by atoms with van der Waals surface area (Å²) in [7, 11) is 1.73. The van der Waals surface area contributed by atoms with Gasteiger partial charge in [0.15, 0.2) is 0 Å². The molecule has 0 radical (unpaired) electrons. The SMILES string of the molecule is COCCC1C=CC=CC1CCl. The minimum Gasteiger partial charge on any atom is -0.385 e. The lowest BCUT2D eigenvalue weighted by Crippen LogP contribution is -2.15. The van der Waals surface area contributed by atoms with Gasteiger partial charge in [0.05, 0.1) is 0 Å². The molecular weight excluding hydrogens is 172 g/mol. The highest BCUT2D eigenvalue weighted by Gasteiger charge is 2.16. The van der Waals surface area contributed by atoms with Gasteiger partial charge in [0, 0.05) is 19.6 Å². The summed E-state index contributed by atoms with van der Waals surface area (Å²) in [6.45, 7) is 0.816. The zero-order valence-electron chi connectivity index (χ0n) is 7.37. The molecule has 0 saturated heterocycles. The largest absolute Gasteiger partial charge is 0.385 e. The van der Waals surface area contributed by atoms with Gasteiger partial charge in [0.25, 0.3) is 0 Å². The van der Waals surface area contributed by atoms with Crippen LogP contribution in [0.15, 0.2) is 24.3 Å². The molecule has 0 aliphatic heterocycles. The Morgan fingerprint density at radius 3 is 2.50 bits per heavy atom. The van der Waals surface area contributed by atoms with Gasteiger partial charge in [-0.25, -0.2) is 0 Å². The van der Waals surface area contributed by atoms with Crippen molar-refractivity contribution in [2.24, 2.45) is 11.8 Å². The number of methoxy groups -OCH3 is 1. The van der Waals surface area contributed by atoms with Gasteiger partial charge >= 0.3 is 0 Å². The van der Waals surface area contributed by atoms with Crippen LogP contribution in [0.5, 0.6) is 0 Å². The number of hydrogen-bond acceptors (Lipinski definition) is 1. The van der Waals surface area contributed by atoms with Crippen molar-refractivity contribution >= 4 is 11.6 Å². The van der Waals surface area contributed by atoms with Crippen LogP contribution in [0.2, 0.25) is 0 Å². The van der Waals surface area contributed by atoms with E-state index in [0.29, 0.717) is 17.7 Å². The molecule has 0 bridgehead atoms. The monoisotopic (exact) mass is 186 g/mol. The van der Waals surface area contributed by atoms with E-state index in [9.17, 15) is 0 Å². The second kappa shape index (κ2) is 5.39. The fraction of sp³-hybridized carbons (Fsp3) is 0.600. The molecule has 2 atom stereocenters. The predicted octanol–water partition coefficient (Wildman–Crippen LogP) is 2.62. The minimum atomic E-state index is 0.492. The summed E-state index contributed by atoms with van der Waals surface area (Å²) in [6.07, 6.45) is 9.61. The molecule has 0 fully saturated rings. The molecule has 1 rings (SSSR count). The second-order valence-corrected chi connectivity index (χ2v) is 3.34. The highest BCUT2D eigenvalue weighted by Crippen LogP contribution is 2.23. The van der Waals surface area contributed by atoms with Crippen molar-refractivity contribution in [3.63, 3.8) is 0 Å². The average Bonchev–Trinajstić information content (AvgIpc) is 2.15. The summed E-state index contributed by atoms with van der Waals surface area (Å²) in [5.74, 6) is 1.76. The third-order valence-electron chi connectivity index (χ3n) is 2.21. The van der Waals surface area contributed by atoms with E-state index < -0.39 is 0 Å². The minimum absolute atomic E-state index is 0.492. The molecule has 0 aromatic carbocycles. The van der Waals surface area contributed by atoms with Crippen molar-refractivity contribution in [2.75, 3.05) is 19.6 Å². The van der Waals surface area contributed by atoms with Crippen LogP contribution in [0.1, 0.15) is 6.42 Å². The number of alkyl halides is 1. The lowest BCUT2D eigenvalue weighted by Gasteiger charge is -2.21. The summed E-state index contributed by atoms with van der Waals surface area (Å²) in [5, 5.41) is 0. The number of halogens is 1. The van der Waals surface area contributed by atoms with Crippen molar-refractivity contribution < 1.29 is 4.74 Å². The molecule has 2 heteroatoms. The van der Waals surface area contributed by atoms with Gasteiger partial charge in [-0.1, -0.05) is 24.3 Å². The maximum Gasteiger partial charge on any atom is 0.0468 e. The van der Waals surface area contributed by atoms with Gasteiger partial charge in [-0.3, -0.25) is 0 Å². The Morgan fingerprint density at radius 1 is 1.25 bits per heavy atom. The Kier molecular flexibility index (Phi) is 4.41. The van der Waals surface area contributed by atoms with Crippen LogP contribution in [-0.4, -0.2) is 19.6 Å². The van der Waals surface area contributed by atoms with Crippen molar-refractivity contribution in [1.29, 1.82) is 0 Å². The van der Waals surface area contributed by atoms with Crippen LogP contribution in [0.25, 0.3) is 0 Å². The third-order valence-corrected chi connectivity index (χ3v) is 2.57. The lowest BCUT2D eigenvalue weighted by atomic mass is 9.88. The van der Waals surface area contributed by atoms with E-state index in [2.05, 4.69) is 24.3 Å². The summed E-state index contributed by atoms with van der Waals surface area (Å²) >= 11 is 5.83. The van der Waals surface area contributed by atoms with E-state index in [4.69, 9.17) is 16.3 Å². The maximum absolute atomic E-state index is 5.83. The van der Waals surface area contributed by atoms with Gasteiger partial charge in [-0.05, 0) is 18.3 Å². The summed E-state index contributed by atoms with van der Waals surface area (Å²) in [4.78, 5) is 0. The van der Waals surface area contributed by atoms with Gasteiger partial charge < -0.3 is 4.74 Å². The van der Waals surface area contributed by atoms with Gasteiger partial charge in [0.1, 0.15) is 0 Å². The Labute approximate surface area is 79.1 Å². The van der Waals surface area contributed by atoms with Crippen LogP contribution in [0.4, 0.5) is 0 Å².